The predicted octanol–water partition coefficient (Wildman–Crippen LogP) is 2.81. The number of carbonyl (C=O) groups is 2. The van der Waals surface area contributed by atoms with Gasteiger partial charge in [-0.2, -0.15) is 0 Å². The van der Waals surface area contributed by atoms with E-state index in [1.165, 1.54) is 6.26 Å². The molecule has 0 aliphatic heterocycles. The summed E-state index contributed by atoms with van der Waals surface area (Å²) < 4.78 is 5.17. The van der Waals surface area contributed by atoms with Crippen molar-refractivity contribution in [3.8, 4) is 0 Å². The normalized spacial score (nSPS) is 11.9. The summed E-state index contributed by atoms with van der Waals surface area (Å²) in [6.07, 6.45) is 1.35. The summed E-state index contributed by atoms with van der Waals surface area (Å²) in [5, 5.41) is 12.2. The summed E-state index contributed by atoms with van der Waals surface area (Å²) in [7, 11) is 0. The molecule has 0 aliphatic carbocycles. The second-order valence-corrected chi connectivity index (χ2v) is 4.97. The van der Waals surface area contributed by atoms with E-state index in [4.69, 9.17) is 21.1 Å². The molecule has 1 aromatic heterocycles. The monoisotopic (exact) mass is 307 g/mol. The van der Waals surface area contributed by atoms with Gasteiger partial charge in [0.15, 0.2) is 0 Å². The standard InChI is InChI=1S/C15H14ClNO4/c16-11-5-3-10(4-6-11)8-14(18)17-12(9-15(19)20)13-2-1-7-21-13/h1-7,12H,8-9H2,(H,17,18)(H,19,20)/t12-/m0/s1. The zero-order chi connectivity index (χ0) is 15.2. The Morgan fingerprint density at radius 1 is 1.24 bits per heavy atom. The number of furan rings is 1. The molecule has 0 unspecified atom stereocenters. The lowest BCUT2D eigenvalue weighted by Gasteiger charge is -2.14. The van der Waals surface area contributed by atoms with Gasteiger partial charge in [-0.15, -0.1) is 0 Å². The van der Waals surface area contributed by atoms with Crippen LogP contribution in [0.3, 0.4) is 0 Å². The first-order valence-corrected chi connectivity index (χ1v) is 6.71. The van der Waals surface area contributed by atoms with E-state index in [1.807, 2.05) is 0 Å². The van der Waals surface area contributed by atoms with E-state index >= 15 is 0 Å². The molecule has 0 radical (unpaired) electrons. The minimum atomic E-state index is -1.01. The van der Waals surface area contributed by atoms with Crippen molar-refractivity contribution in [1.82, 2.24) is 5.32 Å². The first kappa shape index (κ1) is 15.1. The van der Waals surface area contributed by atoms with E-state index in [9.17, 15) is 9.59 Å². The number of carbonyl (C=O) groups excluding carboxylic acids is 1. The topological polar surface area (TPSA) is 79.5 Å². The van der Waals surface area contributed by atoms with Crippen molar-refractivity contribution in [2.75, 3.05) is 0 Å². The van der Waals surface area contributed by atoms with Crippen LogP contribution in [0.25, 0.3) is 0 Å². The Hall–Kier alpha value is -2.27. The van der Waals surface area contributed by atoms with Gasteiger partial charge in [0.25, 0.3) is 0 Å². The molecule has 0 saturated heterocycles. The fraction of sp³-hybridized carbons (Fsp3) is 0.200. The van der Waals surface area contributed by atoms with Crippen LogP contribution >= 0.6 is 11.6 Å². The van der Waals surface area contributed by atoms with Crippen molar-refractivity contribution < 1.29 is 19.1 Å². The molecule has 2 aromatic rings. The van der Waals surface area contributed by atoms with Gasteiger partial charge in [0.1, 0.15) is 5.76 Å². The van der Waals surface area contributed by atoms with Crippen molar-refractivity contribution >= 4 is 23.5 Å². The summed E-state index contributed by atoms with van der Waals surface area (Å²) >= 11 is 5.78. The van der Waals surface area contributed by atoms with Gasteiger partial charge in [-0.05, 0) is 29.8 Å². The molecular weight excluding hydrogens is 294 g/mol. The highest BCUT2D eigenvalue weighted by molar-refractivity contribution is 6.30. The van der Waals surface area contributed by atoms with Crippen LogP contribution < -0.4 is 5.32 Å². The highest BCUT2D eigenvalue weighted by Gasteiger charge is 2.20. The largest absolute Gasteiger partial charge is 0.481 e. The molecule has 0 bridgehead atoms. The predicted molar refractivity (Wildman–Crippen MR) is 77.0 cm³/mol. The van der Waals surface area contributed by atoms with E-state index in [-0.39, 0.29) is 18.7 Å². The number of carboxylic acid groups (broad SMARTS) is 1. The summed E-state index contributed by atoms with van der Waals surface area (Å²) in [5.74, 6) is -0.870. The van der Waals surface area contributed by atoms with Crippen LogP contribution in [0.2, 0.25) is 5.02 Å². The molecule has 1 atom stereocenters. The van der Waals surface area contributed by atoms with Crippen LogP contribution in [0.4, 0.5) is 0 Å². The molecule has 1 amide bonds. The minimum absolute atomic E-state index is 0.147. The lowest BCUT2D eigenvalue weighted by molar-refractivity contribution is -0.137. The lowest BCUT2D eigenvalue weighted by atomic mass is 10.1. The van der Waals surface area contributed by atoms with Gasteiger partial charge in [0.05, 0.1) is 25.1 Å². The molecule has 5 nitrogen and oxygen atoms in total. The Labute approximate surface area is 126 Å². The molecule has 21 heavy (non-hydrogen) atoms. The summed E-state index contributed by atoms with van der Waals surface area (Å²) in [4.78, 5) is 22.9. The maximum atomic E-state index is 12.0. The van der Waals surface area contributed by atoms with Gasteiger partial charge < -0.3 is 14.8 Å². The smallest absolute Gasteiger partial charge is 0.305 e. The Morgan fingerprint density at radius 2 is 1.95 bits per heavy atom. The Balaban J connectivity index is 2.01. The third-order valence-corrected chi connectivity index (χ3v) is 3.13. The van der Waals surface area contributed by atoms with E-state index in [2.05, 4.69) is 5.32 Å². The third kappa shape index (κ3) is 4.65. The Bertz CT molecular complexity index is 607. The third-order valence-electron chi connectivity index (χ3n) is 2.88. The van der Waals surface area contributed by atoms with Gasteiger partial charge >= 0.3 is 5.97 Å². The fourth-order valence-corrected chi connectivity index (χ4v) is 2.05. The number of aliphatic carboxylic acids is 1. The highest BCUT2D eigenvalue weighted by Crippen LogP contribution is 2.18. The second kappa shape index (κ2) is 6.95. The van der Waals surface area contributed by atoms with Crippen molar-refractivity contribution in [3.05, 3.63) is 59.0 Å². The van der Waals surface area contributed by atoms with Crippen LogP contribution in [0.15, 0.2) is 47.1 Å². The molecule has 1 heterocycles. The molecule has 2 rings (SSSR count). The minimum Gasteiger partial charge on any atom is -0.481 e. The number of carboxylic acids is 1. The van der Waals surface area contributed by atoms with Crippen LogP contribution in [0.1, 0.15) is 23.8 Å². The van der Waals surface area contributed by atoms with Gasteiger partial charge in [-0.3, -0.25) is 9.59 Å². The maximum absolute atomic E-state index is 12.0. The van der Waals surface area contributed by atoms with Crippen LogP contribution in [-0.2, 0) is 16.0 Å². The number of hydrogen-bond acceptors (Lipinski definition) is 3. The first-order valence-electron chi connectivity index (χ1n) is 6.33. The van der Waals surface area contributed by atoms with Gasteiger partial charge in [0, 0.05) is 5.02 Å². The lowest BCUT2D eigenvalue weighted by Crippen LogP contribution is -2.31. The van der Waals surface area contributed by atoms with E-state index in [0.717, 1.165) is 5.56 Å². The summed E-state index contributed by atoms with van der Waals surface area (Å²) in [6, 6.07) is 9.50. The quantitative estimate of drug-likeness (QED) is 0.860. The molecule has 0 fully saturated rings. The van der Waals surface area contributed by atoms with Crippen LogP contribution in [0, 0.1) is 0 Å². The molecule has 0 saturated carbocycles. The molecule has 110 valence electrons. The summed E-state index contributed by atoms with van der Waals surface area (Å²) in [5.41, 5.74) is 0.797. The zero-order valence-corrected chi connectivity index (χ0v) is 11.8. The molecular formula is C15H14ClNO4. The first-order chi connectivity index (χ1) is 10.0. The molecule has 0 spiro atoms. The van der Waals surface area contributed by atoms with Gasteiger partial charge in [0.2, 0.25) is 5.91 Å². The van der Waals surface area contributed by atoms with Crippen molar-refractivity contribution in [2.45, 2.75) is 18.9 Å². The second-order valence-electron chi connectivity index (χ2n) is 4.54. The fourth-order valence-electron chi connectivity index (χ4n) is 1.92. The number of rotatable bonds is 6. The van der Waals surface area contributed by atoms with Crippen LogP contribution in [-0.4, -0.2) is 17.0 Å². The SMILES string of the molecule is O=C(O)C[C@H](NC(=O)Cc1ccc(Cl)cc1)c1ccco1. The van der Waals surface area contributed by atoms with E-state index in [1.54, 1.807) is 36.4 Å². The van der Waals surface area contributed by atoms with Crippen LogP contribution in [0.5, 0.6) is 0 Å². The average Bonchev–Trinajstić information content (AvgIpc) is 2.94. The zero-order valence-electron chi connectivity index (χ0n) is 11.1. The van der Waals surface area contributed by atoms with E-state index < -0.39 is 12.0 Å². The number of benzene rings is 1. The summed E-state index contributed by atoms with van der Waals surface area (Å²) in [6.45, 7) is 0. The maximum Gasteiger partial charge on any atom is 0.305 e. The number of amides is 1. The average molecular weight is 308 g/mol. The van der Waals surface area contributed by atoms with Gasteiger partial charge in [-0.25, -0.2) is 0 Å². The Morgan fingerprint density at radius 3 is 2.52 bits per heavy atom. The van der Waals surface area contributed by atoms with E-state index in [0.29, 0.717) is 10.8 Å². The van der Waals surface area contributed by atoms with Gasteiger partial charge in [-0.1, -0.05) is 23.7 Å². The highest BCUT2D eigenvalue weighted by atomic mass is 35.5. The molecule has 1 aromatic carbocycles. The number of halogens is 1. The molecule has 2 N–H and O–H groups in total. The van der Waals surface area contributed by atoms with Crippen molar-refractivity contribution in [3.63, 3.8) is 0 Å². The number of nitrogens with one attached hydrogen (secondary N) is 1. The van der Waals surface area contributed by atoms with Crippen molar-refractivity contribution in [2.24, 2.45) is 0 Å². The van der Waals surface area contributed by atoms with Crippen molar-refractivity contribution in [1.29, 1.82) is 0 Å². The molecule has 0 aliphatic rings. The number of hydrogen-bond donors (Lipinski definition) is 2. The Kier molecular flexibility index (Phi) is 5.00. The molecule has 6 heteroatoms.